The molecule has 0 saturated carbocycles. The number of aromatic nitrogens is 6. The lowest BCUT2D eigenvalue weighted by Crippen LogP contribution is -2.47. The number of ether oxygens (including phenoxy) is 1. The van der Waals surface area contributed by atoms with Crippen LogP contribution in [-0.4, -0.2) is 65.4 Å². The van der Waals surface area contributed by atoms with Gasteiger partial charge in [-0.05, 0) is 63.6 Å². The number of imidazole rings is 1. The molecule has 1 fully saturated rings. The van der Waals surface area contributed by atoms with Gasteiger partial charge in [-0.3, -0.25) is 4.98 Å². The quantitative estimate of drug-likeness (QED) is 0.373. The summed E-state index contributed by atoms with van der Waals surface area (Å²) in [6.45, 7) is 5.60. The van der Waals surface area contributed by atoms with Crippen molar-refractivity contribution in [3.05, 3.63) is 60.8 Å². The molecule has 0 spiro atoms. The van der Waals surface area contributed by atoms with Gasteiger partial charge in [-0.2, -0.15) is 0 Å². The fourth-order valence-electron chi connectivity index (χ4n) is 4.60. The van der Waals surface area contributed by atoms with Gasteiger partial charge in [-0.15, -0.1) is 5.10 Å². The molecule has 1 aromatic carbocycles. The van der Waals surface area contributed by atoms with Gasteiger partial charge in [0.1, 0.15) is 23.3 Å². The third-order valence-electron chi connectivity index (χ3n) is 6.40. The Morgan fingerprint density at radius 1 is 1.08 bits per heavy atom. The van der Waals surface area contributed by atoms with E-state index in [-0.39, 0.29) is 12.4 Å². The molecule has 0 N–H and O–H groups in total. The number of nitrogens with zero attached hydrogens (tertiary/aromatic N) is 7. The molecular weight excluding hydrogens is 492 g/mol. The molecule has 11 heteroatoms. The Labute approximate surface area is 219 Å². The monoisotopic (exact) mass is 521 g/mol. The minimum absolute atomic E-state index is 0.0852. The maximum atomic E-state index is 15.2. The van der Waals surface area contributed by atoms with Crippen LogP contribution in [0.1, 0.15) is 33.2 Å². The van der Waals surface area contributed by atoms with Crippen LogP contribution in [0.15, 0.2) is 55.0 Å². The van der Waals surface area contributed by atoms with Crippen molar-refractivity contribution in [2.75, 3.05) is 13.1 Å². The van der Waals surface area contributed by atoms with Gasteiger partial charge < -0.3 is 14.2 Å². The molecule has 0 bridgehead atoms. The SMILES string of the molecule is Cn1c(-c2cn([C@H]3CCN(C(=O)OC(C)(C)C)C[C@@H]3F)nn2)nc(-c2ccc(F)cc2)c1-c1ccncc1. The minimum atomic E-state index is -1.34. The average Bonchev–Trinajstić information content (AvgIpc) is 3.48. The van der Waals surface area contributed by atoms with Crippen LogP contribution in [0.5, 0.6) is 0 Å². The summed E-state index contributed by atoms with van der Waals surface area (Å²) < 4.78 is 37.6. The van der Waals surface area contributed by atoms with Crippen LogP contribution in [0.25, 0.3) is 34.0 Å². The molecule has 9 nitrogen and oxygen atoms in total. The topological polar surface area (TPSA) is 91.0 Å². The van der Waals surface area contributed by atoms with E-state index >= 15 is 4.39 Å². The van der Waals surface area contributed by atoms with E-state index in [0.29, 0.717) is 30.2 Å². The highest BCUT2D eigenvalue weighted by Gasteiger charge is 2.35. The molecule has 1 amide bonds. The van der Waals surface area contributed by atoms with Crippen LogP contribution in [0.2, 0.25) is 0 Å². The van der Waals surface area contributed by atoms with Crippen molar-refractivity contribution in [2.45, 2.75) is 45.0 Å². The van der Waals surface area contributed by atoms with E-state index < -0.39 is 23.9 Å². The Kier molecular flexibility index (Phi) is 6.68. The summed E-state index contributed by atoms with van der Waals surface area (Å²) in [5.74, 6) is 0.195. The summed E-state index contributed by atoms with van der Waals surface area (Å²) in [4.78, 5) is 22.7. The third-order valence-corrected chi connectivity index (χ3v) is 6.40. The molecule has 0 unspecified atom stereocenters. The molecule has 5 rings (SSSR count). The molecule has 1 aliphatic heterocycles. The van der Waals surface area contributed by atoms with Crippen molar-refractivity contribution in [1.29, 1.82) is 0 Å². The minimum Gasteiger partial charge on any atom is -0.444 e. The van der Waals surface area contributed by atoms with Gasteiger partial charge in [0.15, 0.2) is 5.82 Å². The summed E-state index contributed by atoms with van der Waals surface area (Å²) >= 11 is 0. The first-order chi connectivity index (χ1) is 18.1. The van der Waals surface area contributed by atoms with Crippen molar-refractivity contribution < 1.29 is 18.3 Å². The van der Waals surface area contributed by atoms with Gasteiger partial charge in [-0.25, -0.2) is 23.2 Å². The van der Waals surface area contributed by atoms with Crippen LogP contribution in [0.3, 0.4) is 0 Å². The molecule has 4 heterocycles. The van der Waals surface area contributed by atoms with Gasteiger partial charge in [0.05, 0.1) is 30.2 Å². The van der Waals surface area contributed by atoms with Gasteiger partial charge in [0, 0.05) is 37.1 Å². The van der Waals surface area contributed by atoms with E-state index in [4.69, 9.17) is 9.72 Å². The Morgan fingerprint density at radius 2 is 1.79 bits per heavy atom. The molecule has 2 atom stereocenters. The second kappa shape index (κ2) is 9.96. The van der Waals surface area contributed by atoms with Gasteiger partial charge >= 0.3 is 6.09 Å². The molecule has 1 saturated heterocycles. The Hall–Kier alpha value is -4.15. The van der Waals surface area contributed by atoms with Crippen LogP contribution < -0.4 is 0 Å². The number of pyridine rings is 1. The number of hydrogen-bond acceptors (Lipinski definition) is 6. The second-order valence-corrected chi connectivity index (χ2v) is 10.3. The predicted octanol–water partition coefficient (Wildman–Crippen LogP) is 5.07. The first kappa shape index (κ1) is 25.5. The number of carbonyl (C=O) groups is 1. The number of amides is 1. The molecule has 0 radical (unpaired) electrons. The highest BCUT2D eigenvalue weighted by atomic mass is 19.1. The lowest BCUT2D eigenvalue weighted by Gasteiger charge is -2.35. The normalized spacial score (nSPS) is 18.0. The molecule has 1 aliphatic rings. The van der Waals surface area contributed by atoms with Crippen LogP contribution >= 0.6 is 0 Å². The van der Waals surface area contributed by atoms with E-state index in [1.165, 1.54) is 21.7 Å². The number of piperidine rings is 1. The summed E-state index contributed by atoms with van der Waals surface area (Å²) in [6.07, 6.45) is 3.56. The highest BCUT2D eigenvalue weighted by molar-refractivity contribution is 5.81. The number of rotatable bonds is 4. The van der Waals surface area contributed by atoms with Crippen molar-refractivity contribution >= 4 is 6.09 Å². The number of likely N-dealkylation sites (tertiary alicyclic amines) is 1. The zero-order valence-electron chi connectivity index (χ0n) is 21.7. The van der Waals surface area contributed by atoms with Crippen molar-refractivity contribution in [3.63, 3.8) is 0 Å². The molecular formula is C27H29F2N7O2. The van der Waals surface area contributed by atoms with E-state index in [1.54, 1.807) is 51.5 Å². The summed E-state index contributed by atoms with van der Waals surface area (Å²) in [5.41, 5.74) is 2.90. The van der Waals surface area contributed by atoms with E-state index in [1.807, 2.05) is 23.7 Å². The second-order valence-electron chi connectivity index (χ2n) is 10.3. The molecule has 38 heavy (non-hydrogen) atoms. The average molecular weight is 522 g/mol. The van der Waals surface area contributed by atoms with Crippen LogP contribution in [-0.2, 0) is 11.8 Å². The maximum absolute atomic E-state index is 15.2. The number of carbonyl (C=O) groups excluding carboxylic acids is 1. The van der Waals surface area contributed by atoms with Crippen molar-refractivity contribution in [2.24, 2.45) is 7.05 Å². The first-order valence-corrected chi connectivity index (χ1v) is 12.4. The lowest BCUT2D eigenvalue weighted by atomic mass is 10.0. The molecule has 198 valence electrons. The summed E-state index contributed by atoms with van der Waals surface area (Å²) in [7, 11) is 1.86. The highest BCUT2D eigenvalue weighted by Crippen LogP contribution is 2.35. The third kappa shape index (κ3) is 5.13. The van der Waals surface area contributed by atoms with Crippen LogP contribution in [0, 0.1) is 5.82 Å². The van der Waals surface area contributed by atoms with Gasteiger partial charge in [-0.1, -0.05) is 5.21 Å². The van der Waals surface area contributed by atoms with Crippen LogP contribution in [0.4, 0.5) is 13.6 Å². The van der Waals surface area contributed by atoms with E-state index in [9.17, 15) is 9.18 Å². The summed E-state index contributed by atoms with van der Waals surface area (Å²) in [6, 6.07) is 9.30. The molecule has 3 aromatic heterocycles. The number of halogens is 2. The van der Waals surface area contributed by atoms with Crippen molar-refractivity contribution in [3.8, 4) is 34.0 Å². The van der Waals surface area contributed by atoms with E-state index in [2.05, 4.69) is 15.3 Å². The number of hydrogen-bond donors (Lipinski definition) is 0. The number of benzene rings is 1. The Bertz CT molecular complexity index is 1430. The zero-order valence-corrected chi connectivity index (χ0v) is 21.7. The van der Waals surface area contributed by atoms with Gasteiger partial charge in [0.25, 0.3) is 0 Å². The lowest BCUT2D eigenvalue weighted by molar-refractivity contribution is 0.00561. The molecule has 4 aromatic rings. The van der Waals surface area contributed by atoms with Gasteiger partial charge in [0.2, 0.25) is 0 Å². The summed E-state index contributed by atoms with van der Waals surface area (Å²) in [5, 5.41) is 8.51. The largest absolute Gasteiger partial charge is 0.444 e. The maximum Gasteiger partial charge on any atom is 0.410 e. The first-order valence-electron chi connectivity index (χ1n) is 12.4. The Morgan fingerprint density at radius 3 is 2.45 bits per heavy atom. The zero-order chi connectivity index (χ0) is 27.0. The fraction of sp³-hybridized carbons (Fsp3) is 0.370. The fourth-order valence-corrected chi connectivity index (χ4v) is 4.60. The Balaban J connectivity index is 1.44. The smallest absolute Gasteiger partial charge is 0.410 e. The standard InChI is InChI=1S/C27H29F2N7O2/c1-27(2,3)38-26(37)35-14-11-22(20(29)15-35)36-16-21(32-33-36)25-31-23(17-5-7-19(28)8-6-17)24(34(25)4)18-9-12-30-13-10-18/h5-10,12-13,16,20,22H,11,14-15H2,1-4H3/t20-,22-/m0/s1. The predicted molar refractivity (Wildman–Crippen MR) is 137 cm³/mol. The number of alkyl halides is 1. The molecule has 0 aliphatic carbocycles. The van der Waals surface area contributed by atoms with Crippen molar-refractivity contribution in [1.82, 2.24) is 34.4 Å². The van der Waals surface area contributed by atoms with E-state index in [0.717, 1.165) is 16.8 Å².